The van der Waals surface area contributed by atoms with E-state index < -0.39 is 9.84 Å². The van der Waals surface area contributed by atoms with E-state index in [2.05, 4.69) is 46.4 Å². The van der Waals surface area contributed by atoms with E-state index >= 15 is 0 Å². The summed E-state index contributed by atoms with van der Waals surface area (Å²) in [6.45, 7) is 3.66. The highest BCUT2D eigenvalue weighted by molar-refractivity contribution is 7.98. The quantitative estimate of drug-likeness (QED) is 0.125. The first-order chi connectivity index (χ1) is 28.1. The number of rotatable bonds is 12. The SMILES string of the molecule is CSc1ccccc1-c1cnc(-c2cccc(-c3nncn3[C@H](C)CO)n2)o1.C[C@H](CO)n1cnnc1-c1cccc(-c2ncc(-c3ccccc3S(C)(=O)=O)o2)n1. The summed E-state index contributed by atoms with van der Waals surface area (Å²) in [5, 5.41) is 35.0. The molecule has 0 unspecified atom stereocenters. The lowest BCUT2D eigenvalue weighted by Crippen LogP contribution is -2.10. The lowest BCUT2D eigenvalue weighted by Gasteiger charge is -2.12. The van der Waals surface area contributed by atoms with Crippen LogP contribution in [0, 0.1) is 0 Å². The van der Waals surface area contributed by atoms with E-state index in [4.69, 9.17) is 8.83 Å². The molecule has 0 radical (unpaired) electrons. The molecule has 2 N–H and O–H groups in total. The van der Waals surface area contributed by atoms with Gasteiger partial charge < -0.3 is 28.2 Å². The molecule has 0 aliphatic rings. The third-order valence-electron chi connectivity index (χ3n) is 8.95. The van der Waals surface area contributed by atoms with Crippen molar-refractivity contribution in [2.45, 2.75) is 35.7 Å². The fourth-order valence-electron chi connectivity index (χ4n) is 5.91. The lowest BCUT2D eigenvalue weighted by atomic mass is 10.2. The summed E-state index contributed by atoms with van der Waals surface area (Å²) in [7, 11) is -3.43. The van der Waals surface area contributed by atoms with E-state index in [1.165, 1.54) is 18.6 Å². The Kier molecular flexibility index (Phi) is 12.0. The molecule has 16 nitrogen and oxygen atoms in total. The second kappa shape index (κ2) is 17.4. The summed E-state index contributed by atoms with van der Waals surface area (Å²) < 4.78 is 39.5. The number of thioether (sulfide) groups is 1. The number of benzene rings is 2. The van der Waals surface area contributed by atoms with Gasteiger partial charge in [0.2, 0.25) is 11.8 Å². The maximum absolute atomic E-state index is 12.1. The Labute approximate surface area is 337 Å². The molecule has 18 heteroatoms. The monoisotopic (exact) mass is 818 g/mol. The van der Waals surface area contributed by atoms with Crippen LogP contribution in [0.4, 0.5) is 0 Å². The molecule has 6 heterocycles. The van der Waals surface area contributed by atoms with E-state index in [1.807, 2.05) is 56.5 Å². The molecular formula is C40H38N10O6S2. The van der Waals surface area contributed by atoms with Crippen molar-refractivity contribution in [1.29, 1.82) is 0 Å². The van der Waals surface area contributed by atoms with Crippen molar-refractivity contribution in [3.8, 4) is 68.9 Å². The van der Waals surface area contributed by atoms with Crippen molar-refractivity contribution in [3.05, 3.63) is 110 Å². The Morgan fingerprint density at radius 3 is 1.62 bits per heavy atom. The van der Waals surface area contributed by atoms with E-state index in [1.54, 1.807) is 69.8 Å². The average Bonchev–Trinajstić information content (AvgIpc) is 4.11. The molecule has 0 saturated heterocycles. The van der Waals surface area contributed by atoms with E-state index in [0.29, 0.717) is 57.4 Å². The predicted molar refractivity (Wildman–Crippen MR) is 217 cm³/mol. The summed E-state index contributed by atoms with van der Waals surface area (Å²) in [5.74, 6) is 2.81. The van der Waals surface area contributed by atoms with Crippen molar-refractivity contribution in [1.82, 2.24) is 49.5 Å². The van der Waals surface area contributed by atoms with Gasteiger partial charge in [-0.1, -0.05) is 42.5 Å². The zero-order chi connectivity index (χ0) is 40.8. The molecule has 6 aromatic heterocycles. The van der Waals surface area contributed by atoms with Crippen LogP contribution in [0.1, 0.15) is 25.9 Å². The maximum atomic E-state index is 12.1. The molecule has 0 amide bonds. The largest absolute Gasteiger partial charge is 0.435 e. The molecule has 0 saturated carbocycles. The topological polar surface area (TPSA) is 214 Å². The number of nitrogens with zero attached hydrogens (tertiary/aromatic N) is 10. The van der Waals surface area contributed by atoms with Crippen LogP contribution in [0.5, 0.6) is 0 Å². The highest BCUT2D eigenvalue weighted by Gasteiger charge is 2.20. The first-order valence-corrected chi connectivity index (χ1v) is 21.0. The second-order valence-electron chi connectivity index (χ2n) is 13.0. The third-order valence-corrected chi connectivity index (χ3v) is 10.9. The number of pyridine rings is 2. The number of aromatic nitrogens is 10. The van der Waals surface area contributed by atoms with Gasteiger partial charge in [0.05, 0.1) is 42.6 Å². The van der Waals surface area contributed by atoms with Crippen LogP contribution >= 0.6 is 11.8 Å². The Bertz CT molecular complexity index is 2760. The molecule has 8 rings (SSSR count). The van der Waals surface area contributed by atoms with Gasteiger partial charge in [0.15, 0.2) is 33.0 Å². The van der Waals surface area contributed by atoms with Crippen LogP contribution in [0.3, 0.4) is 0 Å². The summed E-state index contributed by atoms with van der Waals surface area (Å²) in [5.41, 5.74) is 3.69. The van der Waals surface area contributed by atoms with Crippen LogP contribution in [0.25, 0.3) is 68.9 Å². The van der Waals surface area contributed by atoms with Gasteiger partial charge in [-0.25, -0.2) is 28.4 Å². The highest BCUT2D eigenvalue weighted by atomic mass is 32.2. The van der Waals surface area contributed by atoms with Crippen molar-refractivity contribution in [3.63, 3.8) is 0 Å². The number of aliphatic hydroxyl groups excluding tert-OH is 2. The summed E-state index contributed by atoms with van der Waals surface area (Å²) in [6, 6.07) is 25.1. The lowest BCUT2D eigenvalue weighted by molar-refractivity contribution is 0.239. The van der Waals surface area contributed by atoms with Gasteiger partial charge in [-0.2, -0.15) is 0 Å². The molecule has 2 atom stereocenters. The van der Waals surface area contributed by atoms with Gasteiger partial charge in [0, 0.05) is 22.3 Å². The van der Waals surface area contributed by atoms with Gasteiger partial charge >= 0.3 is 0 Å². The van der Waals surface area contributed by atoms with Crippen LogP contribution in [0.2, 0.25) is 0 Å². The average molecular weight is 819 g/mol. The summed E-state index contributed by atoms with van der Waals surface area (Å²) in [6.07, 6.45) is 9.50. The molecule has 8 aromatic rings. The van der Waals surface area contributed by atoms with Gasteiger partial charge in [0.25, 0.3) is 0 Å². The molecule has 2 aromatic carbocycles. The predicted octanol–water partition coefficient (Wildman–Crippen LogP) is 6.56. The van der Waals surface area contributed by atoms with Gasteiger partial charge in [-0.05, 0) is 62.6 Å². The number of hydrogen-bond acceptors (Lipinski definition) is 15. The Hall–Kier alpha value is -6.34. The third kappa shape index (κ3) is 8.49. The first-order valence-electron chi connectivity index (χ1n) is 17.9. The molecule has 0 bridgehead atoms. The number of hydrogen-bond donors (Lipinski definition) is 2. The van der Waals surface area contributed by atoms with E-state index in [-0.39, 0.29) is 36.1 Å². The van der Waals surface area contributed by atoms with Crippen LogP contribution in [-0.2, 0) is 9.84 Å². The van der Waals surface area contributed by atoms with Crippen molar-refractivity contribution >= 4 is 21.6 Å². The smallest absolute Gasteiger partial charge is 0.245 e. The molecule has 296 valence electrons. The highest BCUT2D eigenvalue weighted by Crippen LogP contribution is 2.34. The fourth-order valence-corrected chi connectivity index (χ4v) is 7.40. The molecule has 58 heavy (non-hydrogen) atoms. The summed E-state index contributed by atoms with van der Waals surface area (Å²) in [4.78, 5) is 19.2. The summed E-state index contributed by atoms with van der Waals surface area (Å²) >= 11 is 1.66. The molecule has 0 aliphatic heterocycles. The number of aliphatic hydroxyl groups is 2. The first kappa shape index (κ1) is 39.9. The van der Waals surface area contributed by atoms with E-state index in [9.17, 15) is 18.6 Å². The Morgan fingerprint density at radius 1 is 0.655 bits per heavy atom. The molecular weight excluding hydrogens is 781 g/mol. The zero-order valence-corrected chi connectivity index (χ0v) is 33.4. The van der Waals surface area contributed by atoms with Gasteiger partial charge in [-0.3, -0.25) is 0 Å². The van der Waals surface area contributed by atoms with E-state index in [0.717, 1.165) is 16.7 Å². The molecule has 0 spiro atoms. The standard InChI is InChI=1S/C20H19N5O4S.C20H19N5O2S/c1-13(11-26)25-12-22-24-19(25)15-7-5-8-16(23-15)20-21-10-17(29-20)14-6-3-4-9-18(14)30(2,27)28;1-13(11-26)25-12-22-24-19(25)15-7-5-8-16(23-15)20-21-10-17(27-20)14-6-3-4-9-18(14)28-2/h3-10,12-13,26H,11H2,1-2H3;3-10,12-13,26H,11H2,1-2H3/t2*13-/m11/s1. The minimum atomic E-state index is -3.43. The van der Waals surface area contributed by atoms with Crippen molar-refractivity contribution < 1.29 is 27.5 Å². The minimum absolute atomic E-state index is 0.0112. The van der Waals surface area contributed by atoms with Gasteiger partial charge in [-0.15, -0.1) is 32.2 Å². The van der Waals surface area contributed by atoms with Crippen molar-refractivity contribution in [2.75, 3.05) is 25.7 Å². The fraction of sp³-hybridized carbons (Fsp3) is 0.200. The Morgan fingerprint density at radius 2 is 1.12 bits per heavy atom. The Balaban J connectivity index is 0.000000177. The second-order valence-corrected chi connectivity index (χ2v) is 15.9. The zero-order valence-electron chi connectivity index (χ0n) is 31.8. The molecule has 0 fully saturated rings. The number of sulfone groups is 1. The minimum Gasteiger partial charge on any atom is -0.435 e. The van der Waals surface area contributed by atoms with Gasteiger partial charge in [0.1, 0.15) is 35.4 Å². The normalized spacial score (nSPS) is 12.5. The van der Waals surface area contributed by atoms with Crippen LogP contribution in [0.15, 0.2) is 129 Å². The van der Waals surface area contributed by atoms with Crippen molar-refractivity contribution in [2.24, 2.45) is 0 Å². The maximum Gasteiger partial charge on any atom is 0.245 e. The number of oxazole rings is 2. The van der Waals surface area contributed by atoms with Crippen LogP contribution in [-0.4, -0.2) is 93.8 Å². The van der Waals surface area contributed by atoms with Crippen LogP contribution < -0.4 is 0 Å². The molecule has 0 aliphatic carbocycles.